The number of nitrogens with zero attached hydrogens (tertiary/aromatic N) is 7. The molecule has 30 heavy (non-hydrogen) atoms. The number of hydrogen-bond donors (Lipinski definition) is 0. The molecule has 1 saturated heterocycles. The van der Waals surface area contributed by atoms with Crippen LogP contribution in [0.1, 0.15) is 41.7 Å². The minimum absolute atomic E-state index is 0.0354. The summed E-state index contributed by atoms with van der Waals surface area (Å²) in [6.07, 6.45) is 2.70. The summed E-state index contributed by atoms with van der Waals surface area (Å²) >= 11 is 1.63. The second-order valence-electron chi connectivity index (χ2n) is 7.38. The molecule has 0 unspecified atom stereocenters. The van der Waals surface area contributed by atoms with E-state index in [0.717, 1.165) is 67.4 Å². The Morgan fingerprint density at radius 1 is 1.30 bits per heavy atom. The van der Waals surface area contributed by atoms with Gasteiger partial charge in [-0.15, -0.1) is 21.5 Å². The van der Waals surface area contributed by atoms with Crippen molar-refractivity contribution in [2.45, 2.75) is 46.4 Å². The first-order valence-electron chi connectivity index (χ1n) is 10.4. The molecular formula is C20H29N7O2S. The average molecular weight is 432 g/mol. The van der Waals surface area contributed by atoms with Crippen LogP contribution in [0, 0.1) is 13.8 Å². The molecule has 1 fully saturated rings. The van der Waals surface area contributed by atoms with Crippen molar-refractivity contribution in [3.63, 3.8) is 0 Å². The first-order valence-corrected chi connectivity index (χ1v) is 11.3. The Kier molecular flexibility index (Phi) is 6.76. The first-order chi connectivity index (χ1) is 14.7. The highest BCUT2D eigenvalue weighted by Crippen LogP contribution is 2.27. The lowest BCUT2D eigenvalue weighted by Crippen LogP contribution is -2.40. The average Bonchev–Trinajstić information content (AvgIpc) is 3.47. The molecular weight excluding hydrogens is 402 g/mol. The zero-order valence-electron chi connectivity index (χ0n) is 17.8. The highest BCUT2D eigenvalue weighted by Gasteiger charge is 2.28. The number of rotatable bonds is 9. The summed E-state index contributed by atoms with van der Waals surface area (Å²) in [7, 11) is 0. The highest BCUT2D eigenvalue weighted by molar-refractivity contribution is 7.09. The minimum Gasteiger partial charge on any atom is -0.382 e. The molecule has 4 heterocycles. The minimum atomic E-state index is -0.0354. The van der Waals surface area contributed by atoms with E-state index in [2.05, 4.69) is 42.7 Å². The van der Waals surface area contributed by atoms with Gasteiger partial charge < -0.3 is 14.4 Å². The standard InChI is InChI=1S/C20H29N7O2S/c1-4-28-9-5-7-26-18(14-27-16(3)12-15(2)24-27)22-23-20(26)25-8-10-29-17(13-25)19-21-6-11-30-19/h6,11-12,17H,4-5,7-10,13-14H2,1-3H3/t17-/m0/s1. The van der Waals surface area contributed by atoms with Crippen molar-refractivity contribution in [3.05, 3.63) is 39.9 Å². The Bertz CT molecular complexity index is 937. The zero-order valence-corrected chi connectivity index (χ0v) is 18.6. The fourth-order valence-corrected chi connectivity index (χ4v) is 4.39. The summed E-state index contributed by atoms with van der Waals surface area (Å²) in [5.74, 6) is 1.79. The molecule has 3 aromatic heterocycles. The molecule has 9 nitrogen and oxygen atoms in total. The van der Waals surface area contributed by atoms with Crippen LogP contribution in [-0.2, 0) is 22.6 Å². The van der Waals surface area contributed by atoms with E-state index in [0.29, 0.717) is 13.2 Å². The molecule has 3 aromatic rings. The number of aromatic nitrogens is 6. The van der Waals surface area contributed by atoms with E-state index >= 15 is 0 Å². The van der Waals surface area contributed by atoms with Gasteiger partial charge in [-0.3, -0.25) is 9.25 Å². The van der Waals surface area contributed by atoms with Crippen LogP contribution in [0.15, 0.2) is 17.6 Å². The van der Waals surface area contributed by atoms with Crippen molar-refractivity contribution >= 4 is 17.3 Å². The monoisotopic (exact) mass is 431 g/mol. The Morgan fingerprint density at radius 3 is 2.93 bits per heavy atom. The first kappa shape index (κ1) is 21.0. The van der Waals surface area contributed by atoms with Crippen LogP contribution < -0.4 is 4.90 Å². The van der Waals surface area contributed by atoms with Crippen LogP contribution in [-0.4, -0.2) is 62.4 Å². The molecule has 0 aliphatic carbocycles. The summed E-state index contributed by atoms with van der Waals surface area (Å²) < 4.78 is 15.7. The topological polar surface area (TPSA) is 83.1 Å². The number of morpholine rings is 1. The normalized spacial score (nSPS) is 17.0. The van der Waals surface area contributed by atoms with Crippen LogP contribution in [0.2, 0.25) is 0 Å². The molecule has 0 saturated carbocycles. The lowest BCUT2D eigenvalue weighted by Gasteiger charge is -2.32. The van der Waals surface area contributed by atoms with E-state index in [4.69, 9.17) is 9.47 Å². The van der Waals surface area contributed by atoms with Gasteiger partial charge in [-0.05, 0) is 33.3 Å². The number of hydrogen-bond acceptors (Lipinski definition) is 8. The maximum absolute atomic E-state index is 5.96. The van der Waals surface area contributed by atoms with Crippen LogP contribution in [0.5, 0.6) is 0 Å². The third-order valence-electron chi connectivity index (χ3n) is 5.15. The van der Waals surface area contributed by atoms with Gasteiger partial charge in [0.15, 0.2) is 5.82 Å². The molecule has 1 aliphatic rings. The molecule has 1 aliphatic heterocycles. The van der Waals surface area contributed by atoms with E-state index in [9.17, 15) is 0 Å². The van der Waals surface area contributed by atoms with Crippen LogP contribution in [0.3, 0.4) is 0 Å². The third kappa shape index (κ3) is 4.71. The van der Waals surface area contributed by atoms with E-state index < -0.39 is 0 Å². The van der Waals surface area contributed by atoms with E-state index in [1.807, 2.05) is 30.1 Å². The fraction of sp³-hybridized carbons (Fsp3) is 0.600. The van der Waals surface area contributed by atoms with Gasteiger partial charge in [0.05, 0.1) is 18.8 Å². The van der Waals surface area contributed by atoms with Gasteiger partial charge in [0.1, 0.15) is 17.7 Å². The van der Waals surface area contributed by atoms with Crippen molar-refractivity contribution < 1.29 is 9.47 Å². The maximum Gasteiger partial charge on any atom is 0.227 e. The number of anilines is 1. The van der Waals surface area contributed by atoms with Gasteiger partial charge in [-0.2, -0.15) is 5.10 Å². The molecule has 0 radical (unpaired) electrons. The van der Waals surface area contributed by atoms with E-state index in [-0.39, 0.29) is 6.10 Å². The predicted octanol–water partition coefficient (Wildman–Crippen LogP) is 2.60. The Labute approximate surface area is 180 Å². The summed E-state index contributed by atoms with van der Waals surface area (Å²) in [6.45, 7) is 11.1. The van der Waals surface area contributed by atoms with Gasteiger partial charge in [0.25, 0.3) is 0 Å². The largest absolute Gasteiger partial charge is 0.382 e. The zero-order chi connectivity index (χ0) is 20.9. The number of aryl methyl sites for hydroxylation is 2. The SMILES string of the molecule is CCOCCCn1c(Cn2nc(C)cc2C)nnc1N1CCO[C@H](c2nccs2)C1. The van der Waals surface area contributed by atoms with Gasteiger partial charge in [-0.1, -0.05) is 0 Å². The summed E-state index contributed by atoms with van der Waals surface area (Å²) in [5, 5.41) is 16.7. The van der Waals surface area contributed by atoms with Crippen molar-refractivity contribution in [2.75, 3.05) is 37.8 Å². The van der Waals surface area contributed by atoms with Crippen molar-refractivity contribution in [2.24, 2.45) is 0 Å². The molecule has 162 valence electrons. The molecule has 4 rings (SSSR count). The molecule has 0 aromatic carbocycles. The molecule has 10 heteroatoms. The number of thiazole rings is 1. The van der Waals surface area contributed by atoms with E-state index in [1.54, 1.807) is 11.3 Å². The Morgan fingerprint density at radius 2 is 2.20 bits per heavy atom. The number of ether oxygens (including phenoxy) is 2. The molecule has 0 spiro atoms. The smallest absolute Gasteiger partial charge is 0.227 e. The lowest BCUT2D eigenvalue weighted by atomic mass is 10.3. The summed E-state index contributed by atoms with van der Waals surface area (Å²) in [6, 6.07) is 2.08. The summed E-state index contributed by atoms with van der Waals surface area (Å²) in [5.41, 5.74) is 2.13. The van der Waals surface area contributed by atoms with Crippen molar-refractivity contribution in [3.8, 4) is 0 Å². The summed E-state index contributed by atoms with van der Waals surface area (Å²) in [4.78, 5) is 6.69. The van der Waals surface area contributed by atoms with Crippen LogP contribution >= 0.6 is 11.3 Å². The maximum atomic E-state index is 5.96. The Hall–Kier alpha value is -2.30. The van der Waals surface area contributed by atoms with Crippen LogP contribution in [0.25, 0.3) is 0 Å². The van der Waals surface area contributed by atoms with Gasteiger partial charge in [-0.25, -0.2) is 4.98 Å². The Balaban J connectivity index is 1.56. The predicted molar refractivity (Wildman–Crippen MR) is 115 cm³/mol. The molecule has 0 N–H and O–H groups in total. The molecule has 0 bridgehead atoms. The second kappa shape index (κ2) is 9.67. The third-order valence-corrected chi connectivity index (χ3v) is 6.02. The quantitative estimate of drug-likeness (QED) is 0.482. The second-order valence-corrected chi connectivity index (χ2v) is 8.31. The van der Waals surface area contributed by atoms with Crippen molar-refractivity contribution in [1.82, 2.24) is 29.5 Å². The van der Waals surface area contributed by atoms with Crippen LogP contribution in [0.4, 0.5) is 5.95 Å². The van der Waals surface area contributed by atoms with Gasteiger partial charge in [0.2, 0.25) is 5.95 Å². The fourth-order valence-electron chi connectivity index (χ4n) is 3.72. The van der Waals surface area contributed by atoms with Crippen molar-refractivity contribution in [1.29, 1.82) is 0 Å². The van der Waals surface area contributed by atoms with E-state index in [1.165, 1.54) is 0 Å². The molecule has 0 amide bonds. The lowest BCUT2D eigenvalue weighted by molar-refractivity contribution is 0.0387. The van der Waals surface area contributed by atoms with Gasteiger partial charge >= 0.3 is 0 Å². The highest BCUT2D eigenvalue weighted by atomic mass is 32.1. The molecule has 1 atom stereocenters. The van der Waals surface area contributed by atoms with Gasteiger partial charge in [0, 0.05) is 43.6 Å².